The summed E-state index contributed by atoms with van der Waals surface area (Å²) in [5, 5.41) is 0.629. The molecular formula is C13H19ClO. The summed E-state index contributed by atoms with van der Waals surface area (Å²) in [7, 11) is 0. The Morgan fingerprint density at radius 3 is 2.53 bits per heavy atom. The average molecular weight is 227 g/mol. The topological polar surface area (TPSA) is 17.1 Å². The third kappa shape index (κ3) is 2.94. The van der Waals surface area contributed by atoms with Crippen LogP contribution in [0.4, 0.5) is 0 Å². The highest BCUT2D eigenvalue weighted by atomic mass is 35.5. The van der Waals surface area contributed by atoms with Crippen molar-refractivity contribution in [2.24, 2.45) is 5.41 Å². The van der Waals surface area contributed by atoms with Crippen molar-refractivity contribution in [2.75, 3.05) is 0 Å². The molecule has 0 atom stereocenters. The largest absolute Gasteiger partial charge is 0.295 e. The quantitative estimate of drug-likeness (QED) is 0.645. The van der Waals surface area contributed by atoms with Gasteiger partial charge in [0.15, 0.2) is 5.78 Å². The van der Waals surface area contributed by atoms with E-state index in [-0.39, 0.29) is 11.2 Å². The van der Waals surface area contributed by atoms with E-state index in [1.807, 2.05) is 0 Å². The Labute approximate surface area is 97.2 Å². The Hall–Kier alpha value is -0.560. The second-order valence-corrected chi connectivity index (χ2v) is 5.40. The summed E-state index contributed by atoms with van der Waals surface area (Å²) in [5.41, 5.74) is 2.60. The van der Waals surface area contributed by atoms with Gasteiger partial charge in [0, 0.05) is 5.03 Å². The Bertz CT molecular complexity index is 334. The minimum Gasteiger partial charge on any atom is -0.295 e. The predicted octanol–water partition coefficient (Wildman–Crippen LogP) is 4.22. The van der Waals surface area contributed by atoms with E-state index in [2.05, 4.69) is 20.8 Å². The lowest BCUT2D eigenvalue weighted by molar-refractivity contribution is -0.112. The molecule has 0 saturated carbocycles. The molecule has 1 rings (SSSR count). The number of allylic oxidation sites excluding steroid dienone is 4. The molecule has 0 fully saturated rings. The van der Waals surface area contributed by atoms with Crippen LogP contribution in [0.3, 0.4) is 0 Å². The average Bonchev–Trinajstić information content (AvgIpc) is 1.99. The van der Waals surface area contributed by atoms with Gasteiger partial charge in [-0.25, -0.2) is 0 Å². The lowest BCUT2D eigenvalue weighted by atomic mass is 9.72. The molecule has 0 spiro atoms. The zero-order valence-electron chi connectivity index (χ0n) is 9.98. The van der Waals surface area contributed by atoms with Gasteiger partial charge in [-0.2, -0.15) is 0 Å². The van der Waals surface area contributed by atoms with Crippen LogP contribution < -0.4 is 0 Å². The summed E-state index contributed by atoms with van der Waals surface area (Å²) < 4.78 is 0. The number of ketones is 1. The smallest absolute Gasteiger partial charge is 0.154 e. The normalized spacial score (nSPS) is 21.8. The highest BCUT2D eigenvalue weighted by Gasteiger charge is 2.30. The molecule has 0 bridgehead atoms. The van der Waals surface area contributed by atoms with E-state index in [1.165, 1.54) is 30.6 Å². The molecule has 0 heterocycles. The van der Waals surface area contributed by atoms with Crippen LogP contribution in [0.1, 0.15) is 47.0 Å². The molecule has 1 nitrogen and oxygen atoms in total. The standard InChI is InChI=1S/C13H19ClO/c1-9-6-5-7-13(3,4)12(9)11(14)8-10(2)15/h8H,5-7H2,1-4H3/b11-8-. The number of carbonyl (C=O) groups excluding carboxylic acids is 1. The van der Waals surface area contributed by atoms with Crippen molar-refractivity contribution >= 4 is 17.4 Å². The second-order valence-electron chi connectivity index (χ2n) is 5.00. The fraction of sp³-hybridized carbons (Fsp3) is 0.615. The third-order valence-electron chi connectivity index (χ3n) is 3.03. The number of halogens is 1. The fourth-order valence-electron chi connectivity index (χ4n) is 2.40. The zero-order chi connectivity index (χ0) is 11.6. The van der Waals surface area contributed by atoms with E-state index in [0.29, 0.717) is 5.03 Å². The van der Waals surface area contributed by atoms with Crippen LogP contribution in [0, 0.1) is 5.41 Å². The zero-order valence-corrected chi connectivity index (χ0v) is 10.7. The third-order valence-corrected chi connectivity index (χ3v) is 3.32. The first kappa shape index (κ1) is 12.5. The summed E-state index contributed by atoms with van der Waals surface area (Å²) in [6.45, 7) is 8.05. The van der Waals surface area contributed by atoms with E-state index < -0.39 is 0 Å². The number of hydrogen-bond acceptors (Lipinski definition) is 1. The van der Waals surface area contributed by atoms with Gasteiger partial charge < -0.3 is 0 Å². The number of hydrogen-bond donors (Lipinski definition) is 0. The molecule has 0 amide bonds. The van der Waals surface area contributed by atoms with E-state index in [0.717, 1.165) is 12.8 Å². The first-order valence-corrected chi connectivity index (χ1v) is 5.81. The van der Waals surface area contributed by atoms with Crippen molar-refractivity contribution < 1.29 is 4.79 Å². The van der Waals surface area contributed by atoms with Gasteiger partial charge in [0.05, 0.1) is 0 Å². The maximum Gasteiger partial charge on any atom is 0.154 e. The lowest BCUT2D eigenvalue weighted by Gasteiger charge is -2.34. The molecule has 0 unspecified atom stereocenters. The van der Waals surface area contributed by atoms with Crippen LogP contribution in [0.15, 0.2) is 22.3 Å². The molecule has 0 aromatic carbocycles. The van der Waals surface area contributed by atoms with Crippen molar-refractivity contribution in [3.63, 3.8) is 0 Å². The van der Waals surface area contributed by atoms with Crippen LogP contribution in [0.2, 0.25) is 0 Å². The molecule has 84 valence electrons. The molecule has 1 aliphatic rings. The van der Waals surface area contributed by atoms with Crippen LogP contribution >= 0.6 is 11.6 Å². The molecule has 0 N–H and O–H groups in total. The van der Waals surface area contributed by atoms with Crippen molar-refractivity contribution in [2.45, 2.75) is 47.0 Å². The van der Waals surface area contributed by atoms with Crippen LogP contribution in [0.25, 0.3) is 0 Å². The summed E-state index contributed by atoms with van der Waals surface area (Å²) in [5.74, 6) is 0.0154. The Morgan fingerprint density at radius 2 is 2.07 bits per heavy atom. The highest BCUT2D eigenvalue weighted by Crippen LogP contribution is 2.44. The molecule has 0 saturated heterocycles. The molecule has 0 aromatic rings. The van der Waals surface area contributed by atoms with Gasteiger partial charge in [-0.3, -0.25) is 4.79 Å². The maximum absolute atomic E-state index is 11.0. The highest BCUT2D eigenvalue weighted by molar-refractivity contribution is 6.33. The fourth-order valence-corrected chi connectivity index (χ4v) is 2.97. The van der Waals surface area contributed by atoms with Crippen molar-refractivity contribution in [1.29, 1.82) is 0 Å². The summed E-state index contributed by atoms with van der Waals surface area (Å²) in [6, 6.07) is 0. The molecule has 1 aliphatic carbocycles. The Kier molecular flexibility index (Phi) is 3.77. The van der Waals surface area contributed by atoms with Gasteiger partial charge in [-0.1, -0.05) is 31.0 Å². The van der Waals surface area contributed by atoms with Crippen LogP contribution in [-0.2, 0) is 4.79 Å². The number of carbonyl (C=O) groups is 1. The minimum atomic E-state index is 0.0154. The van der Waals surface area contributed by atoms with E-state index in [9.17, 15) is 4.79 Å². The van der Waals surface area contributed by atoms with Gasteiger partial charge in [0.1, 0.15) is 0 Å². The van der Waals surface area contributed by atoms with Gasteiger partial charge in [-0.15, -0.1) is 0 Å². The van der Waals surface area contributed by atoms with Gasteiger partial charge in [0.2, 0.25) is 0 Å². The summed E-state index contributed by atoms with van der Waals surface area (Å²) in [6.07, 6.45) is 4.99. The van der Waals surface area contributed by atoms with Crippen LogP contribution in [0.5, 0.6) is 0 Å². The van der Waals surface area contributed by atoms with E-state index in [4.69, 9.17) is 11.6 Å². The summed E-state index contributed by atoms with van der Waals surface area (Å²) in [4.78, 5) is 11.0. The summed E-state index contributed by atoms with van der Waals surface area (Å²) >= 11 is 6.22. The second kappa shape index (κ2) is 4.52. The van der Waals surface area contributed by atoms with Crippen molar-refractivity contribution in [3.05, 3.63) is 22.3 Å². The van der Waals surface area contributed by atoms with Crippen molar-refractivity contribution in [1.82, 2.24) is 0 Å². The number of rotatable bonds is 2. The molecule has 0 aromatic heterocycles. The monoisotopic (exact) mass is 226 g/mol. The van der Waals surface area contributed by atoms with Gasteiger partial charge in [0.25, 0.3) is 0 Å². The molecule has 0 radical (unpaired) electrons. The molecule has 0 aliphatic heterocycles. The lowest BCUT2D eigenvalue weighted by Crippen LogP contribution is -2.20. The van der Waals surface area contributed by atoms with Crippen molar-refractivity contribution in [3.8, 4) is 0 Å². The predicted molar refractivity (Wildman–Crippen MR) is 64.9 cm³/mol. The minimum absolute atomic E-state index is 0.0154. The van der Waals surface area contributed by atoms with E-state index in [1.54, 1.807) is 0 Å². The van der Waals surface area contributed by atoms with E-state index >= 15 is 0 Å². The van der Waals surface area contributed by atoms with Gasteiger partial charge >= 0.3 is 0 Å². The Balaban J connectivity index is 3.14. The molecule has 15 heavy (non-hydrogen) atoms. The van der Waals surface area contributed by atoms with Crippen LogP contribution in [-0.4, -0.2) is 5.78 Å². The Morgan fingerprint density at radius 1 is 1.47 bits per heavy atom. The van der Waals surface area contributed by atoms with Gasteiger partial charge in [-0.05, 0) is 50.2 Å². The first-order chi connectivity index (χ1) is 6.84. The maximum atomic E-state index is 11.0. The molecule has 2 heteroatoms. The first-order valence-electron chi connectivity index (χ1n) is 5.43. The molecular weight excluding hydrogens is 208 g/mol. The SMILES string of the molecule is CC(=O)/C=C(\Cl)C1=C(C)CCCC1(C)C.